The third-order valence-electron chi connectivity index (χ3n) is 2.89. The van der Waals surface area contributed by atoms with E-state index in [0.717, 1.165) is 4.57 Å². The van der Waals surface area contributed by atoms with Gasteiger partial charge < -0.3 is 5.73 Å². The van der Waals surface area contributed by atoms with E-state index in [0.29, 0.717) is 5.82 Å². The Bertz CT molecular complexity index is 701. The number of H-pyrrole nitrogens is 1. The molecule has 3 N–H and O–H groups in total. The summed E-state index contributed by atoms with van der Waals surface area (Å²) in [4.78, 5) is 34.1. The number of nitrogens with one attached hydrogen (secondary N) is 1. The molecule has 0 fully saturated rings. The molecule has 18 heavy (non-hydrogen) atoms. The van der Waals surface area contributed by atoms with Crippen LogP contribution in [0.2, 0.25) is 0 Å². The summed E-state index contributed by atoms with van der Waals surface area (Å²) in [6.45, 7) is 3.90. The van der Waals surface area contributed by atoms with Crippen LogP contribution in [0.25, 0.3) is 11.0 Å². The summed E-state index contributed by atoms with van der Waals surface area (Å²) in [5.41, 5.74) is 5.24. The molecule has 2 aromatic rings. The molecule has 7 nitrogen and oxygen atoms in total. The number of aromatic amines is 1. The number of fused-ring (bicyclic) bond motifs is 1. The van der Waals surface area contributed by atoms with Crippen molar-refractivity contribution in [3.8, 4) is 0 Å². The van der Waals surface area contributed by atoms with Gasteiger partial charge in [0.05, 0.1) is 6.04 Å². The van der Waals surface area contributed by atoms with Crippen LogP contribution in [0.1, 0.15) is 25.7 Å². The zero-order valence-corrected chi connectivity index (χ0v) is 10.5. The van der Waals surface area contributed by atoms with Crippen molar-refractivity contribution < 1.29 is 0 Å². The zero-order chi connectivity index (χ0) is 13.4. The second-order valence-corrected chi connectivity index (χ2v) is 4.55. The molecule has 0 aliphatic carbocycles. The van der Waals surface area contributed by atoms with Gasteiger partial charge in [0.1, 0.15) is 11.2 Å². The fourth-order valence-electron chi connectivity index (χ4n) is 1.56. The van der Waals surface area contributed by atoms with Crippen LogP contribution < -0.4 is 17.0 Å². The highest BCUT2D eigenvalue weighted by Crippen LogP contribution is 2.15. The van der Waals surface area contributed by atoms with Crippen molar-refractivity contribution in [2.75, 3.05) is 0 Å². The van der Waals surface area contributed by atoms with Gasteiger partial charge in [-0.3, -0.25) is 14.3 Å². The number of rotatable bonds is 2. The van der Waals surface area contributed by atoms with Crippen LogP contribution >= 0.6 is 0 Å². The first kappa shape index (κ1) is 12.4. The summed E-state index contributed by atoms with van der Waals surface area (Å²) in [5.74, 6) is 0.585. The predicted octanol–water partition coefficient (Wildman–Crippen LogP) is -0.327. The number of hydrogen-bond donors (Lipinski definition) is 2. The van der Waals surface area contributed by atoms with E-state index in [4.69, 9.17) is 5.73 Å². The first-order chi connectivity index (χ1) is 8.41. The first-order valence-electron chi connectivity index (χ1n) is 5.63. The van der Waals surface area contributed by atoms with Gasteiger partial charge >= 0.3 is 5.69 Å². The van der Waals surface area contributed by atoms with E-state index in [-0.39, 0.29) is 23.0 Å². The Balaban J connectivity index is 2.71. The van der Waals surface area contributed by atoms with Gasteiger partial charge in [-0.05, 0) is 5.92 Å². The maximum atomic E-state index is 11.8. The molecule has 0 spiro atoms. The number of aromatic nitrogens is 4. The van der Waals surface area contributed by atoms with Gasteiger partial charge in [0.15, 0.2) is 5.65 Å². The van der Waals surface area contributed by atoms with Gasteiger partial charge in [0.2, 0.25) is 0 Å². The Kier molecular flexibility index (Phi) is 3.00. The van der Waals surface area contributed by atoms with Crippen molar-refractivity contribution in [3.05, 3.63) is 32.9 Å². The smallest absolute Gasteiger partial charge is 0.321 e. The highest BCUT2D eigenvalue weighted by molar-refractivity contribution is 5.71. The fraction of sp³-hybridized carbons (Fsp3) is 0.455. The van der Waals surface area contributed by atoms with Crippen molar-refractivity contribution in [2.24, 2.45) is 18.7 Å². The van der Waals surface area contributed by atoms with Gasteiger partial charge in [0.25, 0.3) is 5.56 Å². The van der Waals surface area contributed by atoms with Gasteiger partial charge in [-0.15, -0.1) is 0 Å². The predicted molar refractivity (Wildman–Crippen MR) is 67.2 cm³/mol. The van der Waals surface area contributed by atoms with Crippen LogP contribution in [0.4, 0.5) is 0 Å². The Morgan fingerprint density at radius 3 is 2.67 bits per heavy atom. The minimum Gasteiger partial charge on any atom is -0.321 e. The van der Waals surface area contributed by atoms with E-state index in [9.17, 15) is 9.59 Å². The third-order valence-corrected chi connectivity index (χ3v) is 2.89. The summed E-state index contributed by atoms with van der Waals surface area (Å²) in [5, 5.41) is 0.275. The third kappa shape index (κ3) is 1.92. The summed E-state index contributed by atoms with van der Waals surface area (Å²) < 4.78 is 0.980. The summed E-state index contributed by atoms with van der Waals surface area (Å²) in [6, 6.07) is -0.332. The highest BCUT2D eigenvalue weighted by Gasteiger charge is 2.15. The lowest BCUT2D eigenvalue weighted by Gasteiger charge is -2.13. The molecule has 0 aromatic carbocycles. The van der Waals surface area contributed by atoms with Gasteiger partial charge in [-0.2, -0.15) is 0 Å². The van der Waals surface area contributed by atoms with Gasteiger partial charge in [-0.1, -0.05) is 13.8 Å². The second kappa shape index (κ2) is 4.34. The summed E-state index contributed by atoms with van der Waals surface area (Å²) >= 11 is 0. The fourth-order valence-corrected chi connectivity index (χ4v) is 1.56. The molecule has 2 aromatic heterocycles. The topological polar surface area (TPSA) is 107 Å². The lowest BCUT2D eigenvalue weighted by atomic mass is 10.1. The quantitative estimate of drug-likeness (QED) is 0.758. The van der Waals surface area contributed by atoms with Crippen molar-refractivity contribution in [1.82, 2.24) is 19.5 Å². The molecule has 0 bridgehead atoms. The standard InChI is InChI=1S/C11H15N5O2/c1-5(2)7(12)9-13-4-6-8(14-9)15-11(18)16(3)10(6)17/h4-5,7H,12H2,1-3H3,(H,13,14,15,18). The molecule has 0 aliphatic rings. The van der Waals surface area contributed by atoms with Crippen molar-refractivity contribution in [1.29, 1.82) is 0 Å². The minimum atomic E-state index is -0.504. The molecule has 0 saturated heterocycles. The van der Waals surface area contributed by atoms with E-state index in [1.54, 1.807) is 0 Å². The Morgan fingerprint density at radius 2 is 2.06 bits per heavy atom. The molecule has 2 rings (SSSR count). The molecule has 0 radical (unpaired) electrons. The average Bonchev–Trinajstić information content (AvgIpc) is 2.34. The maximum absolute atomic E-state index is 11.8. The second-order valence-electron chi connectivity index (χ2n) is 4.55. The minimum absolute atomic E-state index is 0.167. The molecular weight excluding hydrogens is 234 g/mol. The number of hydrogen-bond acceptors (Lipinski definition) is 5. The summed E-state index contributed by atoms with van der Waals surface area (Å²) in [7, 11) is 1.40. The molecule has 1 atom stereocenters. The average molecular weight is 249 g/mol. The van der Waals surface area contributed by atoms with Crippen molar-refractivity contribution >= 4 is 11.0 Å². The van der Waals surface area contributed by atoms with Crippen LogP contribution in [0, 0.1) is 5.92 Å². The van der Waals surface area contributed by atoms with E-state index >= 15 is 0 Å². The monoisotopic (exact) mass is 249 g/mol. The van der Waals surface area contributed by atoms with Crippen LogP contribution in [0.5, 0.6) is 0 Å². The molecule has 7 heteroatoms. The van der Waals surface area contributed by atoms with Gasteiger partial charge in [0, 0.05) is 13.2 Å². The Morgan fingerprint density at radius 1 is 1.39 bits per heavy atom. The van der Waals surface area contributed by atoms with Crippen LogP contribution in [0.3, 0.4) is 0 Å². The van der Waals surface area contributed by atoms with E-state index in [2.05, 4.69) is 15.0 Å². The SMILES string of the molecule is CC(C)C(N)c1ncc2c(=O)n(C)c(=O)[nH]c2n1. The van der Waals surface area contributed by atoms with E-state index in [1.807, 2.05) is 13.8 Å². The van der Waals surface area contributed by atoms with Crippen LogP contribution in [0.15, 0.2) is 15.8 Å². The molecule has 0 saturated carbocycles. The first-order valence-corrected chi connectivity index (χ1v) is 5.63. The number of nitrogens with two attached hydrogens (primary N) is 1. The van der Waals surface area contributed by atoms with Gasteiger partial charge in [-0.25, -0.2) is 14.8 Å². The van der Waals surface area contributed by atoms with Crippen LogP contribution in [-0.2, 0) is 7.05 Å². The lowest BCUT2D eigenvalue weighted by molar-refractivity contribution is 0.491. The normalized spacial score (nSPS) is 13.2. The largest absolute Gasteiger partial charge is 0.329 e. The van der Waals surface area contributed by atoms with Crippen molar-refractivity contribution in [3.63, 3.8) is 0 Å². The summed E-state index contributed by atoms with van der Waals surface area (Å²) in [6.07, 6.45) is 1.40. The molecule has 0 amide bonds. The van der Waals surface area contributed by atoms with E-state index < -0.39 is 11.2 Å². The Labute approximate surface area is 103 Å². The van der Waals surface area contributed by atoms with Crippen molar-refractivity contribution in [2.45, 2.75) is 19.9 Å². The molecule has 2 heterocycles. The Hall–Kier alpha value is -2.02. The molecular formula is C11H15N5O2. The molecule has 0 aliphatic heterocycles. The van der Waals surface area contributed by atoms with Crippen LogP contribution in [-0.4, -0.2) is 19.5 Å². The molecule has 96 valence electrons. The number of nitrogens with zero attached hydrogens (tertiary/aromatic N) is 3. The zero-order valence-electron chi connectivity index (χ0n) is 10.5. The maximum Gasteiger partial charge on any atom is 0.329 e. The highest BCUT2D eigenvalue weighted by atomic mass is 16.2. The molecule has 1 unspecified atom stereocenters. The van der Waals surface area contributed by atoms with E-state index in [1.165, 1.54) is 13.2 Å². The lowest BCUT2D eigenvalue weighted by Crippen LogP contribution is -2.33.